The highest BCUT2D eigenvalue weighted by atomic mass is 16.3. The maximum absolute atomic E-state index is 12.1. The largest absolute Gasteiger partial charge is 0.391 e. The molecule has 19 heavy (non-hydrogen) atoms. The van der Waals surface area contributed by atoms with Crippen LogP contribution in [0.1, 0.15) is 26.2 Å². The van der Waals surface area contributed by atoms with Crippen molar-refractivity contribution in [3.8, 4) is 0 Å². The Bertz CT molecular complexity index is 370. The van der Waals surface area contributed by atoms with E-state index in [0.717, 1.165) is 25.9 Å². The highest BCUT2D eigenvalue weighted by Gasteiger charge is 2.23. The maximum atomic E-state index is 12.1. The molecule has 0 bridgehead atoms. The summed E-state index contributed by atoms with van der Waals surface area (Å²) in [6.45, 7) is 4.34. The molecule has 0 radical (unpaired) electrons. The Morgan fingerprint density at radius 1 is 1.63 bits per heavy atom. The number of allylic oxidation sites excluding steroid dienone is 2. The van der Waals surface area contributed by atoms with E-state index in [1.165, 1.54) is 5.57 Å². The first-order valence-electron chi connectivity index (χ1n) is 7.25. The third-order valence-electron chi connectivity index (χ3n) is 3.95. The SMILES string of the molecule is CCC(O)CNC(=O)C1C=C(C2CCNC2)C=CC1. The van der Waals surface area contributed by atoms with E-state index in [1.54, 1.807) is 0 Å². The first kappa shape index (κ1) is 14.3. The van der Waals surface area contributed by atoms with Gasteiger partial charge in [-0.3, -0.25) is 4.79 Å². The lowest BCUT2D eigenvalue weighted by molar-refractivity contribution is -0.124. The summed E-state index contributed by atoms with van der Waals surface area (Å²) in [5.41, 5.74) is 1.28. The summed E-state index contributed by atoms with van der Waals surface area (Å²) in [6, 6.07) is 0. The van der Waals surface area contributed by atoms with Gasteiger partial charge in [0.1, 0.15) is 0 Å². The van der Waals surface area contributed by atoms with Gasteiger partial charge in [-0.05, 0) is 37.3 Å². The van der Waals surface area contributed by atoms with Crippen LogP contribution in [0.4, 0.5) is 0 Å². The minimum absolute atomic E-state index is 0.0281. The van der Waals surface area contributed by atoms with Gasteiger partial charge in [-0.2, -0.15) is 0 Å². The summed E-state index contributed by atoms with van der Waals surface area (Å²) < 4.78 is 0. The first-order chi connectivity index (χ1) is 9.20. The number of carbonyl (C=O) groups is 1. The standard InChI is InChI=1S/C15H24N2O2/c1-2-14(18)10-17-15(19)12-5-3-4-11(8-12)13-6-7-16-9-13/h3-4,8,12-14,16,18H,2,5-7,9-10H2,1H3,(H,17,19). The lowest BCUT2D eigenvalue weighted by Gasteiger charge is -2.20. The van der Waals surface area contributed by atoms with E-state index >= 15 is 0 Å². The van der Waals surface area contributed by atoms with Crippen LogP contribution in [-0.4, -0.2) is 36.8 Å². The predicted octanol–water partition coefficient (Wildman–Crippen LogP) is 0.985. The molecule has 0 spiro atoms. The molecular formula is C15H24N2O2. The van der Waals surface area contributed by atoms with E-state index in [9.17, 15) is 9.90 Å². The fraction of sp³-hybridized carbons (Fsp3) is 0.667. The van der Waals surface area contributed by atoms with Gasteiger partial charge in [-0.1, -0.05) is 25.2 Å². The molecule has 1 heterocycles. The second-order valence-electron chi connectivity index (χ2n) is 5.41. The minimum atomic E-state index is -0.439. The number of hydrogen-bond donors (Lipinski definition) is 3. The summed E-state index contributed by atoms with van der Waals surface area (Å²) in [5, 5.41) is 15.7. The Kier molecular flexibility index (Phi) is 5.16. The van der Waals surface area contributed by atoms with Crippen LogP contribution in [0.5, 0.6) is 0 Å². The molecule has 1 amide bonds. The van der Waals surface area contributed by atoms with E-state index in [4.69, 9.17) is 0 Å². The number of nitrogens with one attached hydrogen (secondary N) is 2. The van der Waals surface area contributed by atoms with Gasteiger partial charge in [-0.15, -0.1) is 0 Å². The van der Waals surface area contributed by atoms with E-state index in [2.05, 4.69) is 28.9 Å². The quantitative estimate of drug-likeness (QED) is 0.694. The van der Waals surface area contributed by atoms with Crippen molar-refractivity contribution in [3.63, 3.8) is 0 Å². The zero-order chi connectivity index (χ0) is 13.7. The molecular weight excluding hydrogens is 240 g/mol. The second-order valence-corrected chi connectivity index (χ2v) is 5.41. The molecule has 1 fully saturated rings. The number of rotatable bonds is 5. The zero-order valence-electron chi connectivity index (χ0n) is 11.6. The zero-order valence-corrected chi connectivity index (χ0v) is 11.6. The lowest BCUT2D eigenvalue weighted by Crippen LogP contribution is -2.36. The van der Waals surface area contributed by atoms with Gasteiger partial charge in [0.15, 0.2) is 0 Å². The molecule has 4 heteroatoms. The molecule has 2 aliphatic rings. The average Bonchev–Trinajstić information content (AvgIpc) is 2.98. The van der Waals surface area contributed by atoms with Crippen molar-refractivity contribution in [2.45, 2.75) is 32.3 Å². The molecule has 3 atom stereocenters. The predicted molar refractivity (Wildman–Crippen MR) is 75.6 cm³/mol. The molecule has 0 saturated carbocycles. The molecule has 1 saturated heterocycles. The molecule has 0 aromatic carbocycles. The first-order valence-corrected chi connectivity index (χ1v) is 7.25. The van der Waals surface area contributed by atoms with Crippen molar-refractivity contribution in [3.05, 3.63) is 23.8 Å². The third-order valence-corrected chi connectivity index (χ3v) is 3.95. The average molecular weight is 264 g/mol. The van der Waals surface area contributed by atoms with E-state index in [-0.39, 0.29) is 11.8 Å². The minimum Gasteiger partial charge on any atom is -0.391 e. The van der Waals surface area contributed by atoms with Crippen molar-refractivity contribution < 1.29 is 9.90 Å². The van der Waals surface area contributed by atoms with Crippen molar-refractivity contribution in [2.24, 2.45) is 11.8 Å². The fourth-order valence-electron chi connectivity index (χ4n) is 2.59. The maximum Gasteiger partial charge on any atom is 0.227 e. The van der Waals surface area contributed by atoms with Gasteiger partial charge in [0.2, 0.25) is 5.91 Å². The molecule has 1 aliphatic carbocycles. The summed E-state index contributed by atoms with van der Waals surface area (Å²) in [4.78, 5) is 12.1. The third kappa shape index (κ3) is 3.91. The molecule has 3 unspecified atom stereocenters. The van der Waals surface area contributed by atoms with Crippen LogP contribution in [0.25, 0.3) is 0 Å². The van der Waals surface area contributed by atoms with Crippen molar-refractivity contribution in [1.29, 1.82) is 0 Å². The Hall–Kier alpha value is -1.13. The van der Waals surface area contributed by atoms with Crippen LogP contribution in [-0.2, 0) is 4.79 Å². The smallest absolute Gasteiger partial charge is 0.227 e. The van der Waals surface area contributed by atoms with E-state index < -0.39 is 6.10 Å². The fourth-order valence-corrected chi connectivity index (χ4v) is 2.59. The van der Waals surface area contributed by atoms with Gasteiger partial charge in [-0.25, -0.2) is 0 Å². The molecule has 3 N–H and O–H groups in total. The van der Waals surface area contributed by atoms with Gasteiger partial charge in [0.25, 0.3) is 0 Å². The molecule has 4 nitrogen and oxygen atoms in total. The highest BCUT2D eigenvalue weighted by Crippen LogP contribution is 2.26. The van der Waals surface area contributed by atoms with Gasteiger partial charge in [0, 0.05) is 13.1 Å². The van der Waals surface area contributed by atoms with Crippen LogP contribution in [0.2, 0.25) is 0 Å². The summed E-state index contributed by atoms with van der Waals surface area (Å²) in [5.74, 6) is 0.498. The lowest BCUT2D eigenvalue weighted by atomic mass is 9.88. The Morgan fingerprint density at radius 2 is 2.47 bits per heavy atom. The van der Waals surface area contributed by atoms with Gasteiger partial charge < -0.3 is 15.7 Å². The van der Waals surface area contributed by atoms with E-state index in [0.29, 0.717) is 18.9 Å². The second kappa shape index (κ2) is 6.87. The number of hydrogen-bond acceptors (Lipinski definition) is 3. The number of aliphatic hydroxyl groups is 1. The number of aliphatic hydroxyl groups excluding tert-OH is 1. The normalized spacial score (nSPS) is 28.0. The number of amides is 1. The van der Waals surface area contributed by atoms with Crippen molar-refractivity contribution in [1.82, 2.24) is 10.6 Å². The molecule has 2 rings (SSSR count). The van der Waals surface area contributed by atoms with Crippen molar-refractivity contribution in [2.75, 3.05) is 19.6 Å². The summed E-state index contributed by atoms with van der Waals surface area (Å²) >= 11 is 0. The van der Waals surface area contributed by atoms with E-state index in [1.807, 2.05) is 6.92 Å². The Balaban J connectivity index is 1.89. The Morgan fingerprint density at radius 3 is 3.16 bits per heavy atom. The molecule has 1 aliphatic heterocycles. The van der Waals surface area contributed by atoms with Crippen LogP contribution in [0.15, 0.2) is 23.8 Å². The monoisotopic (exact) mass is 264 g/mol. The van der Waals surface area contributed by atoms with Crippen LogP contribution < -0.4 is 10.6 Å². The van der Waals surface area contributed by atoms with Gasteiger partial charge >= 0.3 is 0 Å². The molecule has 106 valence electrons. The van der Waals surface area contributed by atoms with Crippen molar-refractivity contribution >= 4 is 5.91 Å². The highest BCUT2D eigenvalue weighted by molar-refractivity contribution is 5.81. The number of carbonyl (C=O) groups excluding carboxylic acids is 1. The van der Waals surface area contributed by atoms with Gasteiger partial charge in [0.05, 0.1) is 12.0 Å². The molecule has 0 aromatic heterocycles. The van der Waals surface area contributed by atoms with Crippen LogP contribution in [0.3, 0.4) is 0 Å². The summed E-state index contributed by atoms with van der Waals surface area (Å²) in [7, 11) is 0. The topological polar surface area (TPSA) is 61.4 Å². The summed E-state index contributed by atoms with van der Waals surface area (Å²) in [6.07, 6.45) is 8.49. The van der Waals surface area contributed by atoms with Crippen LogP contribution >= 0.6 is 0 Å². The molecule has 0 aromatic rings. The Labute approximate surface area is 115 Å². The van der Waals surface area contributed by atoms with Crippen LogP contribution in [0, 0.1) is 11.8 Å².